The Kier molecular flexibility index (Phi) is 2.51. The fraction of sp³-hybridized carbons (Fsp3) is 0.667. The van der Waals surface area contributed by atoms with Gasteiger partial charge in [0.1, 0.15) is 0 Å². The fourth-order valence-corrected chi connectivity index (χ4v) is 1.88. The lowest BCUT2D eigenvalue weighted by atomic mass is 9.82. The van der Waals surface area contributed by atoms with Crippen molar-refractivity contribution in [2.24, 2.45) is 5.73 Å². The summed E-state index contributed by atoms with van der Waals surface area (Å²) in [5, 5.41) is 0. The molecule has 1 aliphatic carbocycles. The molecule has 3 heteroatoms. The number of hydrogen-bond acceptors (Lipinski definition) is 3. The molecule has 0 aromatic carbocycles. The van der Waals surface area contributed by atoms with Gasteiger partial charge in [-0.1, -0.05) is 6.42 Å². The van der Waals surface area contributed by atoms with E-state index in [0.717, 1.165) is 11.4 Å². The van der Waals surface area contributed by atoms with Gasteiger partial charge in [-0.2, -0.15) is 0 Å². The van der Waals surface area contributed by atoms with Crippen molar-refractivity contribution in [3.8, 4) is 0 Å². The molecule has 0 saturated heterocycles. The Hall–Kier alpha value is -0.960. The van der Waals surface area contributed by atoms with Crippen LogP contribution in [0.1, 0.15) is 56.1 Å². The highest BCUT2D eigenvalue weighted by molar-refractivity contribution is 5.21. The number of nitrogens with zero attached hydrogens (tertiary/aromatic N) is 2. The Morgan fingerprint density at radius 3 is 2.47 bits per heavy atom. The third kappa shape index (κ3) is 2.02. The molecule has 0 radical (unpaired) electrons. The maximum atomic E-state index is 6.00. The van der Waals surface area contributed by atoms with Crippen LogP contribution in [0.2, 0.25) is 0 Å². The van der Waals surface area contributed by atoms with Crippen LogP contribution in [0.4, 0.5) is 0 Å². The zero-order chi connectivity index (χ0) is 11.1. The van der Waals surface area contributed by atoms with Crippen LogP contribution in [0.5, 0.6) is 0 Å². The third-order valence-electron chi connectivity index (χ3n) is 3.14. The highest BCUT2D eigenvalue weighted by Gasteiger charge is 2.24. The van der Waals surface area contributed by atoms with Gasteiger partial charge < -0.3 is 5.73 Å². The Morgan fingerprint density at radius 2 is 2.07 bits per heavy atom. The average molecular weight is 205 g/mol. The topological polar surface area (TPSA) is 51.8 Å². The van der Waals surface area contributed by atoms with Crippen LogP contribution >= 0.6 is 0 Å². The van der Waals surface area contributed by atoms with Crippen LogP contribution in [0.15, 0.2) is 6.20 Å². The molecule has 15 heavy (non-hydrogen) atoms. The molecule has 1 aromatic rings. The molecule has 3 nitrogen and oxygen atoms in total. The number of aromatic nitrogens is 2. The summed E-state index contributed by atoms with van der Waals surface area (Å²) < 4.78 is 0. The molecule has 0 atom stereocenters. The minimum atomic E-state index is -0.393. The summed E-state index contributed by atoms with van der Waals surface area (Å²) in [5.41, 5.74) is 8.71. The van der Waals surface area contributed by atoms with Gasteiger partial charge in [-0.15, -0.1) is 0 Å². The highest BCUT2D eigenvalue weighted by Crippen LogP contribution is 2.36. The van der Waals surface area contributed by atoms with E-state index in [2.05, 4.69) is 9.97 Å². The first-order chi connectivity index (χ1) is 6.98. The van der Waals surface area contributed by atoms with Crippen LogP contribution < -0.4 is 5.73 Å². The Labute approximate surface area is 91.1 Å². The molecule has 0 bridgehead atoms. The van der Waals surface area contributed by atoms with E-state index >= 15 is 0 Å². The summed E-state index contributed by atoms with van der Waals surface area (Å²) in [6, 6.07) is 0. The van der Waals surface area contributed by atoms with Crippen molar-refractivity contribution in [2.45, 2.75) is 51.5 Å². The maximum Gasteiger partial charge on any atom is 0.0783 e. The summed E-state index contributed by atoms with van der Waals surface area (Å²) in [6.07, 6.45) is 5.69. The van der Waals surface area contributed by atoms with E-state index in [1.807, 2.05) is 27.0 Å². The summed E-state index contributed by atoms with van der Waals surface area (Å²) >= 11 is 0. The van der Waals surface area contributed by atoms with Crippen molar-refractivity contribution in [1.29, 1.82) is 0 Å². The minimum Gasteiger partial charge on any atom is -0.321 e. The molecule has 82 valence electrons. The van der Waals surface area contributed by atoms with Gasteiger partial charge in [-0.25, -0.2) is 0 Å². The van der Waals surface area contributed by atoms with Crippen molar-refractivity contribution in [1.82, 2.24) is 9.97 Å². The van der Waals surface area contributed by atoms with Crippen LogP contribution in [-0.4, -0.2) is 9.97 Å². The maximum absolute atomic E-state index is 6.00. The normalized spacial score (nSPS) is 17.6. The molecule has 1 aliphatic rings. The van der Waals surface area contributed by atoms with Crippen molar-refractivity contribution in [3.05, 3.63) is 23.3 Å². The SMILES string of the molecule is Cc1nc(C(C)(C)N)cnc1C1CCC1. The van der Waals surface area contributed by atoms with Crippen molar-refractivity contribution >= 4 is 0 Å². The highest BCUT2D eigenvalue weighted by atomic mass is 14.9. The molecule has 0 unspecified atom stereocenters. The Balaban J connectivity index is 2.30. The van der Waals surface area contributed by atoms with Gasteiger partial charge in [0.25, 0.3) is 0 Å². The van der Waals surface area contributed by atoms with E-state index in [9.17, 15) is 0 Å². The van der Waals surface area contributed by atoms with Crippen molar-refractivity contribution in [3.63, 3.8) is 0 Å². The van der Waals surface area contributed by atoms with Gasteiger partial charge >= 0.3 is 0 Å². The molecule has 1 heterocycles. The van der Waals surface area contributed by atoms with E-state index < -0.39 is 5.54 Å². The standard InChI is InChI=1S/C12H19N3/c1-8-11(9-5-4-6-9)14-7-10(15-8)12(2,3)13/h7,9H,4-6,13H2,1-3H3. The predicted molar refractivity (Wildman–Crippen MR) is 60.6 cm³/mol. The molecule has 0 aliphatic heterocycles. The second-order valence-electron chi connectivity index (χ2n) is 5.08. The van der Waals surface area contributed by atoms with Gasteiger partial charge in [0, 0.05) is 5.92 Å². The lowest BCUT2D eigenvalue weighted by molar-refractivity contribution is 0.406. The first-order valence-corrected chi connectivity index (χ1v) is 5.61. The predicted octanol–water partition coefficient (Wildman–Crippen LogP) is 2.25. The fourth-order valence-electron chi connectivity index (χ4n) is 1.88. The molecule has 1 fully saturated rings. The lowest BCUT2D eigenvalue weighted by Gasteiger charge is -2.27. The zero-order valence-corrected chi connectivity index (χ0v) is 9.75. The van der Waals surface area contributed by atoms with E-state index in [-0.39, 0.29) is 0 Å². The lowest BCUT2D eigenvalue weighted by Crippen LogP contribution is -2.30. The Bertz CT molecular complexity index is 362. The summed E-state index contributed by atoms with van der Waals surface area (Å²) in [4.78, 5) is 9.08. The Morgan fingerprint density at radius 1 is 1.40 bits per heavy atom. The van der Waals surface area contributed by atoms with Gasteiger partial charge in [-0.3, -0.25) is 9.97 Å². The second-order valence-corrected chi connectivity index (χ2v) is 5.08. The minimum absolute atomic E-state index is 0.393. The first-order valence-electron chi connectivity index (χ1n) is 5.61. The molecule has 0 amide bonds. The monoisotopic (exact) mass is 205 g/mol. The zero-order valence-electron chi connectivity index (χ0n) is 9.75. The van der Waals surface area contributed by atoms with E-state index in [1.54, 1.807) is 0 Å². The number of rotatable bonds is 2. The summed E-state index contributed by atoms with van der Waals surface area (Å²) in [7, 11) is 0. The third-order valence-corrected chi connectivity index (χ3v) is 3.14. The van der Waals surface area contributed by atoms with Gasteiger partial charge in [-0.05, 0) is 33.6 Å². The number of aryl methyl sites for hydroxylation is 1. The summed E-state index contributed by atoms with van der Waals surface area (Å²) in [5.74, 6) is 0.646. The molecular weight excluding hydrogens is 186 g/mol. The van der Waals surface area contributed by atoms with Crippen LogP contribution in [0, 0.1) is 6.92 Å². The average Bonchev–Trinajstić information content (AvgIpc) is 2.03. The van der Waals surface area contributed by atoms with Crippen molar-refractivity contribution < 1.29 is 0 Å². The molecule has 1 saturated carbocycles. The molecule has 2 rings (SSSR count). The van der Waals surface area contributed by atoms with Gasteiger partial charge in [0.2, 0.25) is 0 Å². The van der Waals surface area contributed by atoms with Gasteiger partial charge in [0.05, 0.1) is 28.8 Å². The number of hydrogen-bond donors (Lipinski definition) is 1. The molecule has 0 spiro atoms. The quantitative estimate of drug-likeness (QED) is 0.805. The van der Waals surface area contributed by atoms with Crippen LogP contribution in [0.25, 0.3) is 0 Å². The van der Waals surface area contributed by atoms with Crippen LogP contribution in [0.3, 0.4) is 0 Å². The van der Waals surface area contributed by atoms with E-state index in [0.29, 0.717) is 5.92 Å². The first kappa shape index (κ1) is 10.6. The molecular formula is C12H19N3. The van der Waals surface area contributed by atoms with E-state index in [4.69, 9.17) is 5.73 Å². The largest absolute Gasteiger partial charge is 0.321 e. The number of nitrogens with two attached hydrogens (primary N) is 1. The van der Waals surface area contributed by atoms with Crippen molar-refractivity contribution in [2.75, 3.05) is 0 Å². The smallest absolute Gasteiger partial charge is 0.0783 e. The van der Waals surface area contributed by atoms with Crippen LogP contribution in [-0.2, 0) is 5.54 Å². The van der Waals surface area contributed by atoms with E-state index in [1.165, 1.54) is 25.0 Å². The summed E-state index contributed by atoms with van der Waals surface area (Å²) in [6.45, 7) is 5.95. The molecule has 2 N–H and O–H groups in total. The molecule has 1 aromatic heterocycles. The second kappa shape index (κ2) is 3.56. The van der Waals surface area contributed by atoms with Gasteiger partial charge in [0.15, 0.2) is 0 Å².